The first-order valence-corrected chi connectivity index (χ1v) is 9.46. The molecule has 2 aromatic carbocycles. The smallest absolute Gasteiger partial charge is 0.340 e. The Morgan fingerprint density at radius 2 is 1.83 bits per heavy atom. The van der Waals surface area contributed by atoms with Gasteiger partial charge in [-0.25, -0.2) is 4.79 Å². The quantitative estimate of drug-likeness (QED) is 0.468. The summed E-state index contributed by atoms with van der Waals surface area (Å²) in [5.74, 6) is 0.646. The van der Waals surface area contributed by atoms with E-state index in [0.717, 1.165) is 16.5 Å². The van der Waals surface area contributed by atoms with Crippen LogP contribution in [0.3, 0.4) is 0 Å². The van der Waals surface area contributed by atoms with E-state index in [2.05, 4.69) is 43.0 Å². The van der Waals surface area contributed by atoms with Gasteiger partial charge in [-0.15, -0.1) is 0 Å². The number of ether oxygens (including phenoxy) is 1. The first-order chi connectivity index (χ1) is 13.9. The SMILES string of the molecule is COC(=O)c1cn(Cc2nc(-c3ccc(C(C)(C)C)cc3)no2)c2ccccc12. The van der Waals surface area contributed by atoms with Gasteiger partial charge in [-0.1, -0.05) is 68.4 Å². The lowest BCUT2D eigenvalue weighted by atomic mass is 9.87. The monoisotopic (exact) mass is 389 g/mol. The lowest BCUT2D eigenvalue weighted by molar-refractivity contribution is 0.0602. The van der Waals surface area contributed by atoms with E-state index in [-0.39, 0.29) is 11.4 Å². The Bertz CT molecular complexity index is 1160. The van der Waals surface area contributed by atoms with E-state index >= 15 is 0 Å². The van der Waals surface area contributed by atoms with Crippen molar-refractivity contribution in [2.24, 2.45) is 0 Å². The fourth-order valence-electron chi connectivity index (χ4n) is 3.35. The number of para-hydroxylation sites is 1. The molecule has 4 aromatic rings. The third-order valence-electron chi connectivity index (χ3n) is 4.98. The van der Waals surface area contributed by atoms with Crippen molar-refractivity contribution in [3.8, 4) is 11.4 Å². The molecule has 0 aliphatic heterocycles. The molecule has 0 bridgehead atoms. The number of esters is 1. The Kier molecular flexibility index (Phi) is 4.70. The van der Waals surface area contributed by atoms with Gasteiger partial charge >= 0.3 is 5.97 Å². The topological polar surface area (TPSA) is 70.2 Å². The molecule has 6 nitrogen and oxygen atoms in total. The average Bonchev–Trinajstić information content (AvgIpc) is 3.32. The number of rotatable bonds is 4. The Morgan fingerprint density at radius 3 is 2.52 bits per heavy atom. The fraction of sp³-hybridized carbons (Fsp3) is 0.261. The summed E-state index contributed by atoms with van der Waals surface area (Å²) in [6, 6.07) is 15.9. The molecule has 0 saturated carbocycles. The maximum absolute atomic E-state index is 12.1. The molecule has 0 radical (unpaired) electrons. The van der Waals surface area contributed by atoms with Gasteiger partial charge < -0.3 is 13.8 Å². The zero-order valence-electron chi connectivity index (χ0n) is 17.0. The van der Waals surface area contributed by atoms with Crippen LogP contribution in [-0.2, 0) is 16.7 Å². The summed E-state index contributed by atoms with van der Waals surface area (Å²) >= 11 is 0. The number of fused-ring (bicyclic) bond motifs is 1. The van der Waals surface area contributed by atoms with E-state index in [1.807, 2.05) is 41.0 Å². The van der Waals surface area contributed by atoms with Gasteiger partial charge in [0.25, 0.3) is 0 Å². The molecule has 0 spiro atoms. The zero-order chi connectivity index (χ0) is 20.6. The highest BCUT2D eigenvalue weighted by Gasteiger charge is 2.18. The van der Waals surface area contributed by atoms with Crippen molar-refractivity contribution >= 4 is 16.9 Å². The van der Waals surface area contributed by atoms with Crippen molar-refractivity contribution in [2.45, 2.75) is 32.7 Å². The van der Waals surface area contributed by atoms with Crippen LogP contribution in [0.5, 0.6) is 0 Å². The van der Waals surface area contributed by atoms with Crippen molar-refractivity contribution in [3.05, 3.63) is 71.7 Å². The maximum atomic E-state index is 12.1. The Hall–Kier alpha value is -3.41. The molecule has 2 heterocycles. The Balaban J connectivity index is 1.62. The standard InChI is InChI=1S/C23H23N3O3/c1-23(2,3)16-11-9-15(10-12-16)21-24-20(29-25-21)14-26-13-18(22(27)28-4)17-7-5-6-8-19(17)26/h5-13H,14H2,1-4H3. The van der Waals surface area contributed by atoms with Crippen LogP contribution in [0.2, 0.25) is 0 Å². The number of carbonyl (C=O) groups is 1. The lowest BCUT2D eigenvalue weighted by Gasteiger charge is -2.18. The number of carbonyl (C=O) groups excluding carboxylic acids is 1. The molecule has 2 aromatic heterocycles. The van der Waals surface area contributed by atoms with Crippen LogP contribution in [0.15, 0.2) is 59.3 Å². The Morgan fingerprint density at radius 1 is 1.10 bits per heavy atom. The van der Waals surface area contributed by atoms with E-state index < -0.39 is 0 Å². The highest BCUT2D eigenvalue weighted by molar-refractivity contribution is 6.04. The average molecular weight is 389 g/mol. The highest BCUT2D eigenvalue weighted by Crippen LogP contribution is 2.26. The van der Waals surface area contributed by atoms with Crippen LogP contribution in [0.4, 0.5) is 0 Å². The van der Waals surface area contributed by atoms with E-state index in [9.17, 15) is 4.79 Å². The van der Waals surface area contributed by atoms with Gasteiger partial charge in [-0.05, 0) is 17.0 Å². The molecule has 0 N–H and O–H groups in total. The molecule has 6 heteroatoms. The van der Waals surface area contributed by atoms with Gasteiger partial charge in [0.1, 0.15) is 6.54 Å². The fourth-order valence-corrected chi connectivity index (χ4v) is 3.35. The second-order valence-corrected chi connectivity index (χ2v) is 8.02. The van der Waals surface area contributed by atoms with Gasteiger partial charge in [0.2, 0.25) is 11.7 Å². The highest BCUT2D eigenvalue weighted by atomic mass is 16.5. The van der Waals surface area contributed by atoms with Gasteiger partial charge in [0, 0.05) is 22.7 Å². The third kappa shape index (κ3) is 3.66. The molecule has 0 amide bonds. The molecular formula is C23H23N3O3. The van der Waals surface area contributed by atoms with Crippen molar-refractivity contribution in [1.29, 1.82) is 0 Å². The summed E-state index contributed by atoms with van der Waals surface area (Å²) in [4.78, 5) is 16.6. The summed E-state index contributed by atoms with van der Waals surface area (Å²) in [6.07, 6.45) is 1.76. The van der Waals surface area contributed by atoms with Crippen LogP contribution < -0.4 is 0 Å². The summed E-state index contributed by atoms with van der Waals surface area (Å²) in [6.45, 7) is 6.90. The van der Waals surface area contributed by atoms with E-state index in [4.69, 9.17) is 9.26 Å². The van der Waals surface area contributed by atoms with Crippen LogP contribution in [0, 0.1) is 0 Å². The van der Waals surface area contributed by atoms with Crippen LogP contribution in [-0.4, -0.2) is 27.8 Å². The molecule has 0 aliphatic rings. The first kappa shape index (κ1) is 18.9. The van der Waals surface area contributed by atoms with Crippen molar-refractivity contribution < 1.29 is 14.1 Å². The second kappa shape index (κ2) is 7.20. The largest absolute Gasteiger partial charge is 0.465 e. The molecular weight excluding hydrogens is 366 g/mol. The second-order valence-electron chi connectivity index (χ2n) is 8.02. The predicted molar refractivity (Wildman–Crippen MR) is 111 cm³/mol. The summed E-state index contributed by atoms with van der Waals surface area (Å²) in [5.41, 5.74) is 3.66. The Labute approximate surface area is 169 Å². The predicted octanol–water partition coefficient (Wildman–Crippen LogP) is 4.82. The molecule has 29 heavy (non-hydrogen) atoms. The molecule has 0 unspecified atom stereocenters. The third-order valence-corrected chi connectivity index (χ3v) is 4.98. The van der Waals surface area contributed by atoms with Crippen molar-refractivity contribution in [3.63, 3.8) is 0 Å². The normalized spacial score (nSPS) is 11.7. The minimum atomic E-state index is -0.370. The molecule has 4 rings (SSSR count). The molecule has 0 aliphatic carbocycles. The number of benzene rings is 2. The van der Waals surface area contributed by atoms with Gasteiger partial charge in [0.15, 0.2) is 0 Å². The number of nitrogens with zero attached hydrogens (tertiary/aromatic N) is 3. The maximum Gasteiger partial charge on any atom is 0.340 e. The molecule has 0 saturated heterocycles. The van der Waals surface area contributed by atoms with Crippen molar-refractivity contribution in [1.82, 2.24) is 14.7 Å². The van der Waals surface area contributed by atoms with Gasteiger partial charge in [0.05, 0.1) is 12.7 Å². The molecule has 148 valence electrons. The van der Waals surface area contributed by atoms with E-state index in [1.165, 1.54) is 12.7 Å². The lowest BCUT2D eigenvalue weighted by Crippen LogP contribution is -2.10. The van der Waals surface area contributed by atoms with Crippen LogP contribution >= 0.6 is 0 Å². The van der Waals surface area contributed by atoms with E-state index in [1.54, 1.807) is 6.20 Å². The van der Waals surface area contributed by atoms with Gasteiger partial charge in [-0.3, -0.25) is 0 Å². The number of hydrogen-bond acceptors (Lipinski definition) is 5. The molecule has 0 fully saturated rings. The number of hydrogen-bond donors (Lipinski definition) is 0. The number of aromatic nitrogens is 3. The minimum absolute atomic E-state index is 0.0910. The summed E-state index contributed by atoms with van der Waals surface area (Å²) in [7, 11) is 1.38. The van der Waals surface area contributed by atoms with Crippen molar-refractivity contribution in [2.75, 3.05) is 7.11 Å². The summed E-state index contributed by atoms with van der Waals surface area (Å²) < 4.78 is 12.3. The van der Waals surface area contributed by atoms with Crippen LogP contribution in [0.25, 0.3) is 22.3 Å². The van der Waals surface area contributed by atoms with Crippen LogP contribution in [0.1, 0.15) is 42.6 Å². The first-order valence-electron chi connectivity index (χ1n) is 9.46. The number of methoxy groups -OCH3 is 1. The van der Waals surface area contributed by atoms with E-state index in [0.29, 0.717) is 23.8 Å². The minimum Gasteiger partial charge on any atom is -0.465 e. The molecule has 0 atom stereocenters. The summed E-state index contributed by atoms with van der Waals surface area (Å²) in [5, 5.41) is 4.95. The zero-order valence-corrected chi connectivity index (χ0v) is 17.0. The van der Waals surface area contributed by atoms with Gasteiger partial charge in [-0.2, -0.15) is 4.98 Å².